The Hall–Kier alpha value is -3.74. The largest absolute Gasteiger partial charge is 0.491 e. The van der Waals surface area contributed by atoms with Crippen LogP contribution >= 0.6 is 0 Å². The van der Waals surface area contributed by atoms with Crippen LogP contribution in [-0.4, -0.2) is 32.0 Å². The molecule has 4 aromatic rings. The minimum absolute atomic E-state index is 0.236. The quantitative estimate of drug-likeness (QED) is 0.596. The van der Waals surface area contributed by atoms with Gasteiger partial charge in [-0.3, -0.25) is 9.78 Å². The number of ether oxygens (including phenoxy) is 1. The number of benzene rings is 1. The molecule has 0 unspecified atom stereocenters. The van der Waals surface area contributed by atoms with Crippen molar-refractivity contribution in [1.29, 1.82) is 0 Å². The minimum Gasteiger partial charge on any atom is -0.491 e. The van der Waals surface area contributed by atoms with E-state index in [1.165, 1.54) is 0 Å². The number of rotatable bonds is 4. The van der Waals surface area contributed by atoms with Gasteiger partial charge in [-0.25, -0.2) is 9.97 Å². The first-order chi connectivity index (χ1) is 13.8. The van der Waals surface area contributed by atoms with Crippen molar-refractivity contribution in [3.05, 3.63) is 78.0 Å². The highest BCUT2D eigenvalue weighted by Gasteiger charge is 2.18. The third kappa shape index (κ3) is 2.96. The van der Waals surface area contributed by atoms with Crippen LogP contribution in [0.2, 0.25) is 0 Å². The molecule has 0 bridgehead atoms. The van der Waals surface area contributed by atoms with Gasteiger partial charge in [0.25, 0.3) is 5.91 Å². The zero-order valence-electron chi connectivity index (χ0n) is 15.0. The number of imidazole rings is 1. The van der Waals surface area contributed by atoms with Gasteiger partial charge < -0.3 is 14.6 Å². The maximum Gasteiger partial charge on any atom is 0.257 e. The third-order valence-electron chi connectivity index (χ3n) is 4.76. The SMILES string of the molecule is O=C(Nc1cccc2c1OCC2)c1cnc2c(c1)ncn2Cc1cccnc1. The summed E-state index contributed by atoms with van der Waals surface area (Å²) in [4.78, 5) is 25.7. The van der Waals surface area contributed by atoms with Crippen molar-refractivity contribution < 1.29 is 9.53 Å². The van der Waals surface area contributed by atoms with E-state index in [0.717, 1.165) is 28.9 Å². The number of aromatic nitrogens is 4. The molecule has 0 aliphatic carbocycles. The van der Waals surface area contributed by atoms with Gasteiger partial charge >= 0.3 is 0 Å². The van der Waals surface area contributed by atoms with Gasteiger partial charge in [0.15, 0.2) is 5.65 Å². The van der Waals surface area contributed by atoms with E-state index < -0.39 is 0 Å². The predicted molar refractivity (Wildman–Crippen MR) is 104 cm³/mol. The normalized spacial score (nSPS) is 12.6. The highest BCUT2D eigenvalue weighted by atomic mass is 16.5. The molecule has 1 aliphatic heterocycles. The molecule has 28 heavy (non-hydrogen) atoms. The van der Waals surface area contributed by atoms with Gasteiger partial charge in [0.05, 0.1) is 30.7 Å². The third-order valence-corrected chi connectivity index (χ3v) is 4.76. The summed E-state index contributed by atoms with van der Waals surface area (Å²) in [5, 5.41) is 2.92. The van der Waals surface area contributed by atoms with E-state index >= 15 is 0 Å². The van der Waals surface area contributed by atoms with Crippen LogP contribution in [0.25, 0.3) is 11.2 Å². The molecule has 7 heteroatoms. The van der Waals surface area contributed by atoms with E-state index in [2.05, 4.69) is 20.3 Å². The number of nitrogens with one attached hydrogen (secondary N) is 1. The maximum absolute atomic E-state index is 12.7. The second kappa shape index (κ2) is 6.77. The van der Waals surface area contributed by atoms with Crippen LogP contribution in [0.4, 0.5) is 5.69 Å². The predicted octanol–water partition coefficient (Wildman–Crippen LogP) is 3.06. The Morgan fingerprint density at radius 1 is 1.18 bits per heavy atom. The summed E-state index contributed by atoms with van der Waals surface area (Å²) in [5.41, 5.74) is 4.70. The first-order valence-electron chi connectivity index (χ1n) is 9.04. The Labute approximate surface area is 161 Å². The van der Waals surface area contributed by atoms with Crippen LogP contribution in [0.5, 0.6) is 5.75 Å². The fourth-order valence-corrected chi connectivity index (χ4v) is 3.39. The van der Waals surface area contributed by atoms with Gasteiger partial charge in [-0.1, -0.05) is 18.2 Å². The zero-order valence-corrected chi connectivity index (χ0v) is 15.0. The molecule has 0 spiro atoms. The Morgan fingerprint density at radius 2 is 2.14 bits per heavy atom. The molecule has 4 heterocycles. The number of amides is 1. The molecule has 1 amide bonds. The lowest BCUT2D eigenvalue weighted by atomic mass is 10.1. The maximum atomic E-state index is 12.7. The van der Waals surface area contributed by atoms with E-state index in [0.29, 0.717) is 29.9 Å². The number of hydrogen-bond donors (Lipinski definition) is 1. The summed E-state index contributed by atoms with van der Waals surface area (Å²) in [6, 6.07) is 11.4. The monoisotopic (exact) mass is 371 g/mol. The standard InChI is InChI=1S/C21H17N5O2/c27-21(25-17-5-1-4-15-6-8-28-19(15)17)16-9-18-20(23-11-16)26(13-24-18)12-14-3-2-7-22-10-14/h1-5,7,9-11,13H,6,8,12H2,(H,25,27). The summed E-state index contributed by atoms with van der Waals surface area (Å²) in [7, 11) is 0. The smallest absolute Gasteiger partial charge is 0.257 e. The molecule has 0 atom stereocenters. The van der Waals surface area contributed by atoms with Crippen LogP contribution in [0.1, 0.15) is 21.5 Å². The molecule has 3 aromatic heterocycles. The van der Waals surface area contributed by atoms with Crippen molar-refractivity contribution in [2.24, 2.45) is 0 Å². The molecule has 1 aromatic carbocycles. The number of fused-ring (bicyclic) bond motifs is 2. The van der Waals surface area contributed by atoms with Crippen molar-refractivity contribution in [1.82, 2.24) is 19.5 Å². The summed E-state index contributed by atoms with van der Waals surface area (Å²) in [5.74, 6) is 0.519. The fraction of sp³-hybridized carbons (Fsp3) is 0.143. The first kappa shape index (κ1) is 16.4. The van der Waals surface area contributed by atoms with Crippen LogP contribution in [-0.2, 0) is 13.0 Å². The number of anilines is 1. The summed E-state index contributed by atoms with van der Waals surface area (Å²) in [6.07, 6.45) is 7.72. The van der Waals surface area contributed by atoms with Gasteiger partial charge in [0.2, 0.25) is 0 Å². The topological polar surface area (TPSA) is 81.9 Å². The fourth-order valence-electron chi connectivity index (χ4n) is 3.39. The van der Waals surface area contributed by atoms with Crippen LogP contribution < -0.4 is 10.1 Å². The number of para-hydroxylation sites is 1. The van der Waals surface area contributed by atoms with Crippen molar-refractivity contribution in [2.75, 3.05) is 11.9 Å². The van der Waals surface area contributed by atoms with Crippen molar-refractivity contribution in [3.8, 4) is 5.75 Å². The second-order valence-electron chi connectivity index (χ2n) is 6.65. The lowest BCUT2D eigenvalue weighted by Gasteiger charge is -2.09. The van der Waals surface area contributed by atoms with E-state index in [4.69, 9.17) is 4.74 Å². The molecule has 1 aliphatic rings. The van der Waals surface area contributed by atoms with Gasteiger partial charge in [0, 0.05) is 25.0 Å². The molecule has 0 saturated heterocycles. The summed E-state index contributed by atoms with van der Waals surface area (Å²) < 4.78 is 7.58. The second-order valence-corrected chi connectivity index (χ2v) is 6.65. The molecule has 7 nitrogen and oxygen atoms in total. The van der Waals surface area contributed by atoms with Gasteiger partial charge in [0.1, 0.15) is 11.3 Å². The number of nitrogens with zero attached hydrogens (tertiary/aromatic N) is 4. The van der Waals surface area contributed by atoms with Gasteiger partial charge in [-0.2, -0.15) is 0 Å². The average molecular weight is 371 g/mol. The molecule has 138 valence electrons. The molecule has 1 N–H and O–H groups in total. The number of hydrogen-bond acceptors (Lipinski definition) is 5. The molecule has 0 radical (unpaired) electrons. The van der Waals surface area contributed by atoms with Gasteiger partial charge in [-0.05, 0) is 29.3 Å². The van der Waals surface area contributed by atoms with E-state index in [-0.39, 0.29) is 5.91 Å². The van der Waals surface area contributed by atoms with Crippen molar-refractivity contribution >= 4 is 22.8 Å². The van der Waals surface area contributed by atoms with Gasteiger partial charge in [-0.15, -0.1) is 0 Å². The number of pyridine rings is 2. The highest BCUT2D eigenvalue weighted by molar-refractivity contribution is 6.06. The van der Waals surface area contributed by atoms with Crippen molar-refractivity contribution in [2.45, 2.75) is 13.0 Å². The lowest BCUT2D eigenvalue weighted by Crippen LogP contribution is -2.13. The van der Waals surface area contributed by atoms with E-state index in [1.54, 1.807) is 24.8 Å². The zero-order chi connectivity index (χ0) is 18.9. The Bertz CT molecular complexity index is 1170. The van der Waals surface area contributed by atoms with Crippen molar-refractivity contribution in [3.63, 3.8) is 0 Å². The van der Waals surface area contributed by atoms with E-state index in [9.17, 15) is 4.79 Å². The minimum atomic E-state index is -0.236. The number of carbonyl (C=O) groups is 1. The van der Waals surface area contributed by atoms with Crippen LogP contribution in [0, 0.1) is 0 Å². The molecular formula is C21H17N5O2. The summed E-state index contributed by atoms with van der Waals surface area (Å²) in [6.45, 7) is 1.26. The highest BCUT2D eigenvalue weighted by Crippen LogP contribution is 2.33. The van der Waals surface area contributed by atoms with E-state index in [1.807, 2.05) is 41.1 Å². The Morgan fingerprint density at radius 3 is 3.04 bits per heavy atom. The van der Waals surface area contributed by atoms with Crippen LogP contribution in [0.15, 0.2) is 61.3 Å². The first-order valence-corrected chi connectivity index (χ1v) is 9.04. The molecule has 0 saturated carbocycles. The Kier molecular flexibility index (Phi) is 3.97. The number of carbonyl (C=O) groups excluding carboxylic acids is 1. The lowest BCUT2D eigenvalue weighted by molar-refractivity contribution is 0.102. The Balaban J connectivity index is 1.40. The average Bonchev–Trinajstić information content (AvgIpc) is 3.36. The molecule has 0 fully saturated rings. The molecular weight excluding hydrogens is 354 g/mol. The molecule has 5 rings (SSSR count). The summed E-state index contributed by atoms with van der Waals surface area (Å²) >= 11 is 0. The van der Waals surface area contributed by atoms with Crippen LogP contribution in [0.3, 0.4) is 0 Å².